The molecule has 0 amide bonds. The number of carbonyl (C=O) groups is 1. The number of carboxylic acids is 1. The van der Waals surface area contributed by atoms with E-state index < -0.39 is 17.8 Å². The van der Waals surface area contributed by atoms with Gasteiger partial charge in [0.2, 0.25) is 0 Å². The lowest BCUT2D eigenvalue weighted by Gasteiger charge is -2.11. The molecule has 1 aliphatic carbocycles. The van der Waals surface area contributed by atoms with Crippen LogP contribution >= 0.6 is 0 Å². The summed E-state index contributed by atoms with van der Waals surface area (Å²) in [5.41, 5.74) is -0.716. The van der Waals surface area contributed by atoms with E-state index in [0.717, 1.165) is 18.9 Å². The number of carbonyl (C=O) groups excluding carboxylic acids is 1. The van der Waals surface area contributed by atoms with Gasteiger partial charge < -0.3 is 14.6 Å². The van der Waals surface area contributed by atoms with Crippen LogP contribution in [0.5, 0.6) is 6.01 Å². The fourth-order valence-electron chi connectivity index (χ4n) is 1.62. The molecule has 1 fully saturated rings. The number of ether oxygens (including phenoxy) is 1. The summed E-state index contributed by atoms with van der Waals surface area (Å²) >= 11 is 0. The SMILES string of the molecule is O=C([O-])CCCOc1nc(C2CC2)cc(C(F)(F)F)n1. The lowest BCUT2D eigenvalue weighted by atomic mass is 10.2. The summed E-state index contributed by atoms with van der Waals surface area (Å²) in [6.07, 6.45) is -3.05. The van der Waals surface area contributed by atoms with E-state index in [-0.39, 0.29) is 31.4 Å². The van der Waals surface area contributed by atoms with Crippen LogP contribution in [0.3, 0.4) is 0 Å². The Hall–Kier alpha value is -1.86. The van der Waals surface area contributed by atoms with E-state index in [1.165, 1.54) is 0 Å². The van der Waals surface area contributed by atoms with Crippen molar-refractivity contribution in [2.75, 3.05) is 6.61 Å². The minimum absolute atomic E-state index is 0.0321. The van der Waals surface area contributed by atoms with E-state index >= 15 is 0 Å². The fraction of sp³-hybridized carbons (Fsp3) is 0.583. The van der Waals surface area contributed by atoms with Gasteiger partial charge in [0.05, 0.1) is 12.3 Å². The Labute approximate surface area is 112 Å². The summed E-state index contributed by atoms with van der Waals surface area (Å²) in [5, 5.41) is 10.2. The van der Waals surface area contributed by atoms with Gasteiger partial charge in [-0.25, -0.2) is 0 Å². The number of aromatic nitrogens is 2. The molecule has 0 N–H and O–H groups in total. The van der Waals surface area contributed by atoms with Crippen LogP contribution in [0.25, 0.3) is 0 Å². The maximum atomic E-state index is 12.7. The zero-order valence-corrected chi connectivity index (χ0v) is 10.4. The van der Waals surface area contributed by atoms with Crippen LogP contribution in [0.2, 0.25) is 0 Å². The quantitative estimate of drug-likeness (QED) is 0.737. The number of carboxylic acid groups (broad SMARTS) is 1. The van der Waals surface area contributed by atoms with Gasteiger partial charge in [-0.2, -0.15) is 23.1 Å². The van der Waals surface area contributed by atoms with E-state index in [9.17, 15) is 23.1 Å². The number of alkyl halides is 3. The number of hydrogen-bond donors (Lipinski definition) is 0. The van der Waals surface area contributed by atoms with Gasteiger partial charge in [-0.05, 0) is 31.7 Å². The zero-order valence-electron chi connectivity index (χ0n) is 10.4. The van der Waals surface area contributed by atoms with Gasteiger partial charge in [0.25, 0.3) is 0 Å². The molecule has 0 saturated heterocycles. The van der Waals surface area contributed by atoms with Gasteiger partial charge in [0.15, 0.2) is 5.69 Å². The molecule has 2 rings (SSSR count). The molecule has 0 aromatic carbocycles. The standard InChI is InChI=1S/C12H13F3N2O3/c13-12(14,15)9-6-8(7-3-4-7)16-11(17-9)20-5-1-2-10(18)19/h6-7H,1-5H2,(H,18,19)/p-1. The van der Waals surface area contributed by atoms with Crippen molar-refractivity contribution in [1.82, 2.24) is 9.97 Å². The van der Waals surface area contributed by atoms with Crippen molar-refractivity contribution in [2.45, 2.75) is 37.8 Å². The van der Waals surface area contributed by atoms with Crippen LogP contribution in [0.4, 0.5) is 13.2 Å². The van der Waals surface area contributed by atoms with Gasteiger partial charge in [0.1, 0.15) is 0 Å². The number of hydrogen-bond acceptors (Lipinski definition) is 5. The number of aliphatic carboxylic acids is 1. The van der Waals surface area contributed by atoms with Crippen molar-refractivity contribution >= 4 is 5.97 Å². The molecule has 1 saturated carbocycles. The maximum absolute atomic E-state index is 12.7. The smallest absolute Gasteiger partial charge is 0.433 e. The van der Waals surface area contributed by atoms with Crippen molar-refractivity contribution in [2.24, 2.45) is 0 Å². The van der Waals surface area contributed by atoms with Crippen LogP contribution in [0.1, 0.15) is 43.0 Å². The molecule has 110 valence electrons. The second-order valence-electron chi connectivity index (χ2n) is 4.56. The van der Waals surface area contributed by atoms with Crippen LogP contribution in [-0.4, -0.2) is 22.5 Å². The van der Waals surface area contributed by atoms with Crippen molar-refractivity contribution < 1.29 is 27.8 Å². The fourth-order valence-corrected chi connectivity index (χ4v) is 1.62. The Morgan fingerprint density at radius 3 is 2.65 bits per heavy atom. The Kier molecular flexibility index (Phi) is 4.10. The molecule has 5 nitrogen and oxygen atoms in total. The summed E-state index contributed by atoms with van der Waals surface area (Å²) in [6, 6.07) is 0.575. The van der Waals surface area contributed by atoms with Crippen LogP contribution in [-0.2, 0) is 11.0 Å². The van der Waals surface area contributed by atoms with Gasteiger partial charge in [-0.1, -0.05) is 0 Å². The Bertz CT molecular complexity index is 501. The molecule has 0 spiro atoms. The number of nitrogens with zero attached hydrogens (tertiary/aromatic N) is 2. The summed E-state index contributed by atoms with van der Waals surface area (Å²) in [4.78, 5) is 17.4. The van der Waals surface area contributed by atoms with E-state index in [2.05, 4.69) is 9.97 Å². The summed E-state index contributed by atoms with van der Waals surface area (Å²) < 4.78 is 43.1. The molecule has 0 aliphatic heterocycles. The van der Waals surface area contributed by atoms with E-state index in [4.69, 9.17) is 4.74 Å². The predicted molar refractivity (Wildman–Crippen MR) is 58.7 cm³/mol. The molecule has 20 heavy (non-hydrogen) atoms. The molecular formula is C12H12F3N2O3-. The summed E-state index contributed by atoms with van der Waals surface area (Å²) in [5.74, 6) is -1.21. The zero-order chi connectivity index (χ0) is 14.8. The first-order valence-corrected chi connectivity index (χ1v) is 6.15. The first-order valence-electron chi connectivity index (χ1n) is 6.15. The Morgan fingerprint density at radius 2 is 2.10 bits per heavy atom. The lowest BCUT2D eigenvalue weighted by Crippen LogP contribution is -2.22. The number of halogens is 3. The Morgan fingerprint density at radius 1 is 1.40 bits per heavy atom. The molecule has 1 aromatic heterocycles. The second kappa shape index (κ2) is 5.64. The van der Waals surface area contributed by atoms with Gasteiger partial charge in [0, 0.05) is 11.9 Å². The highest BCUT2D eigenvalue weighted by Gasteiger charge is 2.36. The third kappa shape index (κ3) is 4.07. The third-order valence-corrected chi connectivity index (χ3v) is 2.77. The van der Waals surface area contributed by atoms with Crippen molar-refractivity contribution in [3.8, 4) is 6.01 Å². The molecule has 1 aromatic rings. The molecule has 8 heteroatoms. The highest BCUT2D eigenvalue weighted by molar-refractivity contribution is 5.64. The van der Waals surface area contributed by atoms with Crippen molar-refractivity contribution in [3.05, 3.63) is 17.5 Å². The predicted octanol–water partition coefficient (Wildman–Crippen LogP) is 1.28. The minimum atomic E-state index is -4.56. The normalized spacial score (nSPS) is 15.2. The third-order valence-electron chi connectivity index (χ3n) is 2.77. The van der Waals surface area contributed by atoms with Crippen molar-refractivity contribution in [1.29, 1.82) is 0 Å². The molecular weight excluding hydrogens is 277 g/mol. The first-order chi connectivity index (χ1) is 9.36. The highest BCUT2D eigenvalue weighted by Crippen LogP contribution is 2.41. The summed E-state index contributed by atoms with van der Waals surface area (Å²) in [7, 11) is 0. The average molecular weight is 289 g/mol. The number of rotatable bonds is 6. The first kappa shape index (κ1) is 14.5. The lowest BCUT2D eigenvalue weighted by molar-refractivity contribution is -0.305. The molecule has 0 radical (unpaired) electrons. The van der Waals surface area contributed by atoms with E-state index in [1.54, 1.807) is 0 Å². The Balaban J connectivity index is 2.07. The van der Waals surface area contributed by atoms with E-state index in [0.29, 0.717) is 5.69 Å². The second-order valence-corrected chi connectivity index (χ2v) is 4.56. The largest absolute Gasteiger partial charge is 0.550 e. The molecule has 1 aliphatic rings. The highest BCUT2D eigenvalue weighted by atomic mass is 19.4. The molecule has 0 atom stereocenters. The monoisotopic (exact) mass is 289 g/mol. The van der Waals surface area contributed by atoms with E-state index in [1.807, 2.05) is 0 Å². The van der Waals surface area contributed by atoms with Crippen LogP contribution in [0.15, 0.2) is 6.07 Å². The van der Waals surface area contributed by atoms with Gasteiger partial charge in [-0.3, -0.25) is 0 Å². The molecule has 1 heterocycles. The summed E-state index contributed by atoms with van der Waals surface area (Å²) in [6.45, 7) is -0.0700. The molecule has 0 unspecified atom stereocenters. The topological polar surface area (TPSA) is 75.1 Å². The van der Waals surface area contributed by atoms with Gasteiger partial charge in [-0.15, -0.1) is 0 Å². The minimum Gasteiger partial charge on any atom is -0.550 e. The van der Waals surface area contributed by atoms with Crippen molar-refractivity contribution in [3.63, 3.8) is 0 Å². The van der Waals surface area contributed by atoms with Gasteiger partial charge >= 0.3 is 12.2 Å². The van der Waals surface area contributed by atoms with Crippen LogP contribution < -0.4 is 9.84 Å². The van der Waals surface area contributed by atoms with Crippen LogP contribution in [0, 0.1) is 0 Å². The maximum Gasteiger partial charge on any atom is 0.433 e. The molecule has 0 bridgehead atoms. The average Bonchev–Trinajstić information content (AvgIpc) is 3.17.